The number of hydrogen-bond acceptors (Lipinski definition) is 1. The quantitative estimate of drug-likeness (QED) is 0.438. The lowest BCUT2D eigenvalue weighted by atomic mass is 9.85. The highest BCUT2D eigenvalue weighted by molar-refractivity contribution is 5.76. The van der Waals surface area contributed by atoms with Gasteiger partial charge in [-0.25, -0.2) is 13.8 Å². The third kappa shape index (κ3) is 6.42. The fourth-order valence-corrected chi connectivity index (χ4v) is 2.31. The van der Waals surface area contributed by atoms with Gasteiger partial charge in [-0.05, 0) is 42.0 Å². The normalized spacial score (nSPS) is 13.6. The van der Waals surface area contributed by atoms with E-state index in [1.165, 1.54) is 11.6 Å². The third-order valence-corrected chi connectivity index (χ3v) is 3.89. The van der Waals surface area contributed by atoms with Crippen LogP contribution < -0.4 is 5.32 Å². The van der Waals surface area contributed by atoms with E-state index in [-0.39, 0.29) is 11.0 Å². The van der Waals surface area contributed by atoms with Gasteiger partial charge in [0.2, 0.25) is 0 Å². The fourth-order valence-electron chi connectivity index (χ4n) is 2.31. The molecule has 0 radical (unpaired) electrons. The van der Waals surface area contributed by atoms with Crippen LogP contribution >= 0.6 is 0 Å². The molecule has 0 fully saturated rings. The lowest BCUT2D eigenvalue weighted by Crippen LogP contribution is -2.15. The Morgan fingerprint density at radius 3 is 2.21 bits per heavy atom. The van der Waals surface area contributed by atoms with Crippen molar-refractivity contribution in [3.05, 3.63) is 41.1 Å². The van der Waals surface area contributed by atoms with Crippen molar-refractivity contribution >= 4 is 12.0 Å². The molecule has 1 N–H and O–H groups in total. The highest BCUT2D eigenvalue weighted by Gasteiger charge is 2.27. The molecule has 0 aromatic heterocycles. The Kier molecular flexibility index (Phi) is 7.12. The molecule has 1 rings (SSSR count). The molecule has 0 aliphatic rings. The van der Waals surface area contributed by atoms with Crippen LogP contribution in [0.3, 0.4) is 0 Å². The molecule has 4 heteroatoms. The first kappa shape index (κ1) is 20.3. The van der Waals surface area contributed by atoms with E-state index < -0.39 is 5.92 Å². The fraction of sp³-hybridized carbons (Fsp3) is 0.550. The van der Waals surface area contributed by atoms with Crippen LogP contribution in [0, 0.1) is 0 Å². The minimum Gasteiger partial charge on any atom is -0.346 e. The monoisotopic (exact) mass is 336 g/mol. The highest BCUT2D eigenvalue weighted by atomic mass is 19.3. The predicted molar refractivity (Wildman–Crippen MR) is 100 cm³/mol. The van der Waals surface area contributed by atoms with Crippen LogP contribution in [-0.4, -0.2) is 6.34 Å². The molecule has 0 unspecified atom stereocenters. The summed E-state index contributed by atoms with van der Waals surface area (Å²) in [7, 11) is 0. The Balaban J connectivity index is 3.03. The molecule has 0 aliphatic carbocycles. The topological polar surface area (TPSA) is 24.4 Å². The first-order valence-electron chi connectivity index (χ1n) is 8.58. The van der Waals surface area contributed by atoms with E-state index in [4.69, 9.17) is 0 Å². The summed E-state index contributed by atoms with van der Waals surface area (Å²) in [5, 5.41) is 3.02. The van der Waals surface area contributed by atoms with E-state index in [1.54, 1.807) is 12.4 Å². The van der Waals surface area contributed by atoms with Crippen molar-refractivity contribution in [1.29, 1.82) is 0 Å². The predicted octanol–water partition coefficient (Wildman–Crippen LogP) is 6.63. The number of nitrogens with zero attached hydrogens (tertiary/aromatic N) is 1. The Morgan fingerprint density at radius 2 is 1.71 bits per heavy atom. The Bertz CT molecular complexity index is 558. The number of aliphatic imine (C=N–C) groups is 1. The number of anilines is 1. The molecule has 0 saturated heterocycles. The summed E-state index contributed by atoms with van der Waals surface area (Å²) in [5.41, 5.74) is 2.59. The van der Waals surface area contributed by atoms with Crippen LogP contribution in [0.2, 0.25) is 0 Å². The van der Waals surface area contributed by atoms with Gasteiger partial charge in [0.05, 0.1) is 6.34 Å². The molecule has 1 aromatic carbocycles. The SMILES string of the molecule is CCC/C(=C\N=CNc1cc(C(C)(C)C)cc(C(C)(F)F)c1)CC. The van der Waals surface area contributed by atoms with Gasteiger partial charge in [0.1, 0.15) is 0 Å². The van der Waals surface area contributed by atoms with Crippen LogP contribution in [0.1, 0.15) is 71.9 Å². The summed E-state index contributed by atoms with van der Waals surface area (Å²) in [6.07, 6.45) is 6.49. The highest BCUT2D eigenvalue weighted by Crippen LogP contribution is 2.33. The van der Waals surface area contributed by atoms with Crippen molar-refractivity contribution in [2.45, 2.75) is 72.1 Å². The zero-order chi connectivity index (χ0) is 18.4. The molecule has 1 aromatic rings. The van der Waals surface area contributed by atoms with Crippen molar-refractivity contribution in [2.75, 3.05) is 5.32 Å². The van der Waals surface area contributed by atoms with Crippen molar-refractivity contribution in [3.8, 4) is 0 Å². The van der Waals surface area contributed by atoms with E-state index in [1.807, 2.05) is 33.0 Å². The average molecular weight is 336 g/mol. The molecule has 24 heavy (non-hydrogen) atoms. The van der Waals surface area contributed by atoms with Crippen LogP contribution in [-0.2, 0) is 11.3 Å². The summed E-state index contributed by atoms with van der Waals surface area (Å²) < 4.78 is 27.5. The zero-order valence-electron chi connectivity index (χ0n) is 15.7. The number of nitrogens with one attached hydrogen (secondary N) is 1. The smallest absolute Gasteiger partial charge is 0.270 e. The van der Waals surface area contributed by atoms with Gasteiger partial charge in [0.25, 0.3) is 5.92 Å². The maximum absolute atomic E-state index is 13.8. The minimum absolute atomic E-state index is 0.0154. The Hall–Kier alpha value is -1.71. The van der Waals surface area contributed by atoms with Gasteiger partial charge >= 0.3 is 0 Å². The zero-order valence-corrected chi connectivity index (χ0v) is 15.7. The standard InChI is InChI=1S/C20H30F2N2/c1-7-9-15(8-2)13-23-14-24-18-11-16(19(3,4)5)10-17(12-18)20(6,21)22/h10-14H,7-9H2,1-6H3,(H,23,24)/b15-13-. The molecule has 0 spiro atoms. The summed E-state index contributed by atoms with van der Waals surface area (Å²) in [6.45, 7) is 11.2. The number of halogens is 2. The van der Waals surface area contributed by atoms with E-state index in [0.717, 1.165) is 31.7 Å². The van der Waals surface area contributed by atoms with Crippen molar-refractivity contribution in [3.63, 3.8) is 0 Å². The second-order valence-corrected chi connectivity index (χ2v) is 7.25. The van der Waals surface area contributed by atoms with Crippen LogP contribution in [0.5, 0.6) is 0 Å². The van der Waals surface area contributed by atoms with E-state index >= 15 is 0 Å². The molecule has 0 saturated carbocycles. The lowest BCUT2D eigenvalue weighted by Gasteiger charge is -2.23. The third-order valence-electron chi connectivity index (χ3n) is 3.89. The van der Waals surface area contributed by atoms with Gasteiger partial charge < -0.3 is 5.32 Å². The van der Waals surface area contributed by atoms with Gasteiger partial charge in [-0.15, -0.1) is 0 Å². The van der Waals surface area contributed by atoms with E-state index in [2.05, 4.69) is 24.2 Å². The summed E-state index contributed by atoms with van der Waals surface area (Å²) in [6, 6.07) is 4.97. The first-order chi connectivity index (χ1) is 11.1. The van der Waals surface area contributed by atoms with Crippen molar-refractivity contribution in [1.82, 2.24) is 0 Å². The van der Waals surface area contributed by atoms with Gasteiger partial charge in [-0.3, -0.25) is 0 Å². The number of allylic oxidation sites excluding steroid dienone is 1. The van der Waals surface area contributed by atoms with Crippen molar-refractivity contribution in [2.24, 2.45) is 4.99 Å². The Morgan fingerprint density at radius 1 is 1.08 bits per heavy atom. The molecule has 0 aliphatic heterocycles. The van der Waals surface area contributed by atoms with Crippen LogP contribution in [0.25, 0.3) is 0 Å². The first-order valence-corrected chi connectivity index (χ1v) is 8.58. The molecule has 0 heterocycles. The minimum atomic E-state index is -2.87. The van der Waals surface area contributed by atoms with Crippen molar-refractivity contribution < 1.29 is 8.78 Å². The summed E-state index contributed by atoms with van der Waals surface area (Å²) >= 11 is 0. The Labute approximate surface area is 145 Å². The summed E-state index contributed by atoms with van der Waals surface area (Å²) in [5.74, 6) is -2.87. The molecule has 134 valence electrons. The molecular formula is C20H30F2N2. The number of benzene rings is 1. The van der Waals surface area contributed by atoms with Gasteiger partial charge in [-0.1, -0.05) is 46.6 Å². The maximum Gasteiger partial charge on any atom is 0.270 e. The van der Waals surface area contributed by atoms with E-state index in [0.29, 0.717) is 5.69 Å². The molecule has 0 amide bonds. The number of rotatable bonds is 7. The lowest BCUT2D eigenvalue weighted by molar-refractivity contribution is 0.0174. The number of hydrogen-bond donors (Lipinski definition) is 1. The average Bonchev–Trinajstić information content (AvgIpc) is 2.48. The van der Waals surface area contributed by atoms with Gasteiger partial charge in [0, 0.05) is 24.4 Å². The second kappa shape index (κ2) is 8.41. The maximum atomic E-state index is 13.8. The number of alkyl halides is 2. The molecule has 0 bridgehead atoms. The van der Waals surface area contributed by atoms with Crippen LogP contribution in [0.15, 0.2) is 35.0 Å². The van der Waals surface area contributed by atoms with E-state index in [9.17, 15) is 8.78 Å². The van der Waals surface area contributed by atoms with Gasteiger partial charge in [0.15, 0.2) is 0 Å². The largest absolute Gasteiger partial charge is 0.346 e. The van der Waals surface area contributed by atoms with Gasteiger partial charge in [-0.2, -0.15) is 0 Å². The molecular weight excluding hydrogens is 306 g/mol. The second-order valence-electron chi connectivity index (χ2n) is 7.25. The van der Waals surface area contributed by atoms with Crippen LogP contribution in [0.4, 0.5) is 14.5 Å². The molecule has 2 nitrogen and oxygen atoms in total. The molecule has 0 atom stereocenters. The summed E-state index contributed by atoms with van der Waals surface area (Å²) in [4.78, 5) is 4.25.